The number of anilines is 1. The fourth-order valence-corrected chi connectivity index (χ4v) is 3.45. The number of methoxy groups -OCH3 is 1. The summed E-state index contributed by atoms with van der Waals surface area (Å²) < 4.78 is 16.8. The van der Waals surface area contributed by atoms with Gasteiger partial charge >= 0.3 is 6.03 Å². The van der Waals surface area contributed by atoms with Gasteiger partial charge in [-0.15, -0.1) is 0 Å². The summed E-state index contributed by atoms with van der Waals surface area (Å²) in [6.45, 7) is 2.02. The first-order chi connectivity index (χ1) is 12.2. The van der Waals surface area contributed by atoms with Gasteiger partial charge in [-0.25, -0.2) is 4.79 Å². The number of carbonyl (C=O) groups excluding carboxylic acids is 1. The molecule has 2 fully saturated rings. The standard InChI is InChI=1S/C18H25ClN2O4/c1-23-12-15-11-21(8-9-24-15)18(22)20-16-10-13(19)6-7-17(16)25-14-4-2-3-5-14/h6-7,10,14-15H,2-5,8-9,11-12H2,1H3,(H,20,22)/t15-/m0/s1. The number of urea groups is 1. The van der Waals surface area contributed by atoms with Crippen molar-refractivity contribution >= 4 is 23.3 Å². The number of amides is 2. The van der Waals surface area contributed by atoms with E-state index in [1.165, 1.54) is 12.8 Å². The summed E-state index contributed by atoms with van der Waals surface area (Å²) >= 11 is 6.11. The molecule has 0 bridgehead atoms. The lowest BCUT2D eigenvalue weighted by Gasteiger charge is -2.32. The van der Waals surface area contributed by atoms with Crippen molar-refractivity contribution in [1.82, 2.24) is 4.90 Å². The Labute approximate surface area is 153 Å². The number of hydrogen-bond donors (Lipinski definition) is 1. The SMILES string of the molecule is COC[C@@H]1CN(C(=O)Nc2cc(Cl)ccc2OC2CCCC2)CCO1. The van der Waals surface area contributed by atoms with E-state index in [2.05, 4.69) is 5.32 Å². The minimum Gasteiger partial charge on any atom is -0.488 e. The number of nitrogens with one attached hydrogen (secondary N) is 1. The lowest BCUT2D eigenvalue weighted by molar-refractivity contribution is -0.0481. The van der Waals surface area contributed by atoms with Crippen LogP contribution in [0.25, 0.3) is 0 Å². The number of carbonyl (C=O) groups is 1. The van der Waals surface area contributed by atoms with Gasteiger partial charge in [0.2, 0.25) is 0 Å². The van der Waals surface area contributed by atoms with Crippen LogP contribution in [-0.4, -0.2) is 56.6 Å². The highest BCUT2D eigenvalue weighted by molar-refractivity contribution is 6.31. The maximum absolute atomic E-state index is 12.6. The first-order valence-corrected chi connectivity index (χ1v) is 9.16. The van der Waals surface area contributed by atoms with Crippen LogP contribution < -0.4 is 10.1 Å². The zero-order chi connectivity index (χ0) is 17.6. The highest BCUT2D eigenvalue weighted by Gasteiger charge is 2.25. The fourth-order valence-electron chi connectivity index (χ4n) is 3.27. The Bertz CT molecular complexity index is 590. The van der Waals surface area contributed by atoms with Gasteiger partial charge in [-0.2, -0.15) is 0 Å². The second-order valence-electron chi connectivity index (χ2n) is 6.49. The van der Waals surface area contributed by atoms with Crippen molar-refractivity contribution in [3.8, 4) is 5.75 Å². The van der Waals surface area contributed by atoms with Crippen LogP contribution in [0.1, 0.15) is 25.7 Å². The van der Waals surface area contributed by atoms with Crippen molar-refractivity contribution in [1.29, 1.82) is 0 Å². The predicted octanol–water partition coefficient (Wildman–Crippen LogP) is 3.54. The monoisotopic (exact) mass is 368 g/mol. The van der Waals surface area contributed by atoms with E-state index in [0.717, 1.165) is 12.8 Å². The first-order valence-electron chi connectivity index (χ1n) is 8.78. The Morgan fingerprint density at radius 1 is 1.40 bits per heavy atom. The molecule has 1 N–H and O–H groups in total. The Morgan fingerprint density at radius 2 is 2.20 bits per heavy atom. The molecule has 0 unspecified atom stereocenters. The molecule has 1 heterocycles. The third kappa shape index (κ3) is 5.00. The van der Waals surface area contributed by atoms with Gasteiger partial charge in [0.25, 0.3) is 0 Å². The van der Waals surface area contributed by atoms with Gasteiger partial charge in [0.1, 0.15) is 5.75 Å². The molecule has 1 aliphatic heterocycles. The average molecular weight is 369 g/mol. The molecule has 0 radical (unpaired) electrons. The number of rotatable bonds is 5. The molecule has 2 aliphatic rings. The van der Waals surface area contributed by atoms with E-state index >= 15 is 0 Å². The number of ether oxygens (including phenoxy) is 3. The fraction of sp³-hybridized carbons (Fsp3) is 0.611. The van der Waals surface area contributed by atoms with Crippen LogP contribution in [0.3, 0.4) is 0 Å². The van der Waals surface area contributed by atoms with E-state index in [1.807, 2.05) is 6.07 Å². The van der Waals surface area contributed by atoms with Crippen molar-refractivity contribution in [2.75, 3.05) is 38.7 Å². The minimum absolute atomic E-state index is 0.0990. The highest BCUT2D eigenvalue weighted by atomic mass is 35.5. The van der Waals surface area contributed by atoms with Crippen molar-refractivity contribution in [3.63, 3.8) is 0 Å². The van der Waals surface area contributed by atoms with Crippen molar-refractivity contribution in [3.05, 3.63) is 23.2 Å². The number of morpholine rings is 1. The highest BCUT2D eigenvalue weighted by Crippen LogP contribution is 2.32. The molecular formula is C18H25ClN2O4. The van der Waals surface area contributed by atoms with Gasteiger partial charge in [-0.05, 0) is 43.9 Å². The van der Waals surface area contributed by atoms with Gasteiger partial charge in [0, 0.05) is 18.7 Å². The molecule has 0 spiro atoms. The molecule has 1 saturated carbocycles. The second-order valence-corrected chi connectivity index (χ2v) is 6.93. The van der Waals surface area contributed by atoms with E-state index in [4.69, 9.17) is 25.8 Å². The Morgan fingerprint density at radius 3 is 2.96 bits per heavy atom. The first kappa shape index (κ1) is 18.3. The van der Waals surface area contributed by atoms with Crippen LogP contribution in [0, 0.1) is 0 Å². The topological polar surface area (TPSA) is 60.0 Å². The molecule has 6 nitrogen and oxygen atoms in total. The number of halogens is 1. The summed E-state index contributed by atoms with van der Waals surface area (Å²) in [6, 6.07) is 5.16. The van der Waals surface area contributed by atoms with E-state index in [0.29, 0.717) is 42.8 Å². The molecule has 25 heavy (non-hydrogen) atoms. The summed E-state index contributed by atoms with van der Waals surface area (Å²) in [7, 11) is 1.63. The summed E-state index contributed by atoms with van der Waals surface area (Å²) in [6.07, 6.45) is 4.60. The van der Waals surface area contributed by atoms with Crippen molar-refractivity contribution in [2.24, 2.45) is 0 Å². The molecule has 1 aromatic carbocycles. The Hall–Kier alpha value is -1.50. The van der Waals surface area contributed by atoms with Crippen LogP contribution in [0.4, 0.5) is 10.5 Å². The molecule has 0 aromatic heterocycles. The van der Waals surface area contributed by atoms with E-state index in [1.54, 1.807) is 24.1 Å². The molecular weight excluding hydrogens is 344 g/mol. The van der Waals surface area contributed by atoms with Gasteiger partial charge in [-0.1, -0.05) is 11.6 Å². The van der Waals surface area contributed by atoms with Gasteiger partial charge in [0.05, 0.1) is 37.7 Å². The Balaban J connectivity index is 1.66. The molecule has 2 amide bonds. The maximum Gasteiger partial charge on any atom is 0.322 e. The number of hydrogen-bond acceptors (Lipinski definition) is 4. The van der Waals surface area contributed by atoms with Gasteiger partial charge in [-0.3, -0.25) is 0 Å². The molecule has 3 rings (SSSR count). The lowest BCUT2D eigenvalue weighted by Crippen LogP contribution is -2.48. The second kappa shape index (κ2) is 8.74. The average Bonchev–Trinajstić information content (AvgIpc) is 3.11. The van der Waals surface area contributed by atoms with Crippen LogP contribution in [0.15, 0.2) is 18.2 Å². The zero-order valence-electron chi connectivity index (χ0n) is 14.5. The summed E-state index contributed by atoms with van der Waals surface area (Å²) in [4.78, 5) is 14.4. The molecule has 1 atom stereocenters. The van der Waals surface area contributed by atoms with Crippen LogP contribution >= 0.6 is 11.6 Å². The van der Waals surface area contributed by atoms with Gasteiger partial charge in [0.15, 0.2) is 0 Å². The smallest absolute Gasteiger partial charge is 0.322 e. The van der Waals surface area contributed by atoms with E-state index in [-0.39, 0.29) is 18.2 Å². The quantitative estimate of drug-likeness (QED) is 0.863. The van der Waals surface area contributed by atoms with Gasteiger partial charge < -0.3 is 24.4 Å². The molecule has 138 valence electrons. The van der Waals surface area contributed by atoms with Crippen LogP contribution in [0.2, 0.25) is 5.02 Å². The summed E-state index contributed by atoms with van der Waals surface area (Å²) in [5, 5.41) is 3.50. The summed E-state index contributed by atoms with van der Waals surface area (Å²) in [5.74, 6) is 0.673. The van der Waals surface area contributed by atoms with Crippen LogP contribution in [-0.2, 0) is 9.47 Å². The largest absolute Gasteiger partial charge is 0.488 e. The molecule has 7 heteroatoms. The maximum atomic E-state index is 12.6. The number of nitrogens with zero attached hydrogens (tertiary/aromatic N) is 1. The summed E-state index contributed by atoms with van der Waals surface area (Å²) in [5.41, 5.74) is 0.610. The zero-order valence-corrected chi connectivity index (χ0v) is 15.3. The third-order valence-corrected chi connectivity index (χ3v) is 4.79. The third-order valence-electron chi connectivity index (χ3n) is 4.56. The molecule has 1 saturated heterocycles. The van der Waals surface area contributed by atoms with Crippen molar-refractivity contribution in [2.45, 2.75) is 37.9 Å². The number of benzene rings is 1. The van der Waals surface area contributed by atoms with E-state index in [9.17, 15) is 4.79 Å². The lowest BCUT2D eigenvalue weighted by atomic mass is 10.2. The van der Waals surface area contributed by atoms with E-state index < -0.39 is 0 Å². The minimum atomic E-state index is -0.178. The van der Waals surface area contributed by atoms with Crippen LogP contribution in [0.5, 0.6) is 5.75 Å². The molecule has 1 aromatic rings. The van der Waals surface area contributed by atoms with Crippen molar-refractivity contribution < 1.29 is 19.0 Å². The normalized spacial score (nSPS) is 21.4. The molecule has 1 aliphatic carbocycles. The predicted molar refractivity (Wildman–Crippen MR) is 96.5 cm³/mol. The Kier molecular flexibility index (Phi) is 6.39.